The van der Waals surface area contributed by atoms with Gasteiger partial charge in [0.25, 0.3) is 5.91 Å². The second-order valence-electron chi connectivity index (χ2n) is 5.72. The SMILES string of the molecule is Cc1cc(C(=O)N(Cc2ccco2)Cc2ccccc2O)sc1C. The molecule has 5 heteroatoms. The Labute approximate surface area is 145 Å². The molecule has 0 bridgehead atoms. The lowest BCUT2D eigenvalue weighted by Gasteiger charge is -2.21. The summed E-state index contributed by atoms with van der Waals surface area (Å²) >= 11 is 1.49. The highest BCUT2D eigenvalue weighted by Crippen LogP contribution is 2.25. The van der Waals surface area contributed by atoms with Crippen molar-refractivity contribution in [2.45, 2.75) is 26.9 Å². The van der Waals surface area contributed by atoms with Gasteiger partial charge in [0.05, 0.1) is 24.2 Å². The summed E-state index contributed by atoms with van der Waals surface area (Å²) in [5.41, 5.74) is 1.83. The number of carbonyl (C=O) groups excluding carboxylic acids is 1. The van der Waals surface area contributed by atoms with Gasteiger partial charge in [-0.3, -0.25) is 4.79 Å². The summed E-state index contributed by atoms with van der Waals surface area (Å²) in [6.07, 6.45) is 1.59. The Balaban J connectivity index is 1.89. The largest absolute Gasteiger partial charge is 0.508 e. The van der Waals surface area contributed by atoms with Crippen molar-refractivity contribution in [3.63, 3.8) is 0 Å². The van der Waals surface area contributed by atoms with Crippen molar-refractivity contribution in [1.82, 2.24) is 4.90 Å². The Kier molecular flexibility index (Phi) is 4.71. The van der Waals surface area contributed by atoms with Crippen LogP contribution in [0.5, 0.6) is 5.75 Å². The third-order valence-corrected chi connectivity index (χ3v) is 5.08. The molecule has 1 aromatic carbocycles. The average Bonchev–Trinajstić information content (AvgIpc) is 3.18. The van der Waals surface area contributed by atoms with E-state index in [4.69, 9.17) is 4.42 Å². The number of phenolic OH excluding ortho intramolecular Hbond substituents is 1. The third kappa shape index (κ3) is 3.51. The minimum absolute atomic E-state index is 0.0594. The van der Waals surface area contributed by atoms with Crippen LogP contribution in [-0.4, -0.2) is 15.9 Å². The van der Waals surface area contributed by atoms with Crippen LogP contribution >= 0.6 is 11.3 Å². The second kappa shape index (κ2) is 6.93. The molecule has 0 radical (unpaired) electrons. The molecule has 0 saturated heterocycles. The molecule has 0 fully saturated rings. The Morgan fingerprint density at radius 3 is 2.58 bits per heavy atom. The summed E-state index contributed by atoms with van der Waals surface area (Å²) in [6.45, 7) is 4.69. The molecule has 0 atom stereocenters. The number of nitrogens with zero attached hydrogens (tertiary/aromatic N) is 1. The molecule has 124 valence electrons. The van der Waals surface area contributed by atoms with E-state index in [0.717, 1.165) is 10.4 Å². The molecule has 0 aliphatic heterocycles. The number of amides is 1. The van der Waals surface area contributed by atoms with E-state index in [1.807, 2.05) is 38.1 Å². The number of carbonyl (C=O) groups is 1. The van der Waals surface area contributed by atoms with E-state index in [1.165, 1.54) is 11.3 Å². The van der Waals surface area contributed by atoms with E-state index in [1.54, 1.807) is 29.4 Å². The maximum Gasteiger partial charge on any atom is 0.264 e. The van der Waals surface area contributed by atoms with Crippen molar-refractivity contribution in [3.8, 4) is 5.75 Å². The second-order valence-corrected chi connectivity index (χ2v) is 6.98. The van der Waals surface area contributed by atoms with E-state index >= 15 is 0 Å². The van der Waals surface area contributed by atoms with Gasteiger partial charge in [-0.05, 0) is 43.7 Å². The summed E-state index contributed by atoms with van der Waals surface area (Å²) in [4.78, 5) is 16.5. The fourth-order valence-corrected chi connectivity index (χ4v) is 3.48. The van der Waals surface area contributed by atoms with Crippen LogP contribution in [0.1, 0.15) is 31.4 Å². The third-order valence-electron chi connectivity index (χ3n) is 3.94. The maximum atomic E-state index is 13.0. The zero-order valence-corrected chi connectivity index (χ0v) is 14.5. The molecule has 1 N–H and O–H groups in total. The molecule has 0 aliphatic carbocycles. The van der Waals surface area contributed by atoms with Gasteiger partial charge < -0.3 is 14.4 Å². The number of hydrogen-bond donors (Lipinski definition) is 1. The van der Waals surface area contributed by atoms with E-state index in [0.29, 0.717) is 29.3 Å². The molecule has 0 unspecified atom stereocenters. The van der Waals surface area contributed by atoms with Crippen molar-refractivity contribution in [1.29, 1.82) is 0 Å². The van der Waals surface area contributed by atoms with Crippen molar-refractivity contribution in [2.24, 2.45) is 0 Å². The Bertz CT molecular complexity index is 817. The predicted octanol–water partition coefficient (Wildman–Crippen LogP) is 4.51. The molecule has 0 aliphatic rings. The van der Waals surface area contributed by atoms with E-state index in [-0.39, 0.29) is 11.7 Å². The van der Waals surface area contributed by atoms with Gasteiger partial charge in [-0.2, -0.15) is 0 Å². The minimum Gasteiger partial charge on any atom is -0.508 e. The summed E-state index contributed by atoms with van der Waals surface area (Å²) in [6, 6.07) is 12.6. The maximum absolute atomic E-state index is 13.0. The summed E-state index contributed by atoms with van der Waals surface area (Å²) in [5, 5.41) is 10.0. The summed E-state index contributed by atoms with van der Waals surface area (Å²) in [5.74, 6) is 0.841. The summed E-state index contributed by atoms with van der Waals surface area (Å²) < 4.78 is 5.39. The Morgan fingerprint density at radius 1 is 1.17 bits per heavy atom. The first-order valence-corrected chi connectivity index (χ1v) is 8.52. The van der Waals surface area contributed by atoms with E-state index in [2.05, 4.69) is 0 Å². The zero-order chi connectivity index (χ0) is 17.1. The van der Waals surface area contributed by atoms with Gasteiger partial charge in [0.2, 0.25) is 0 Å². The number of phenols is 1. The number of benzene rings is 1. The van der Waals surface area contributed by atoms with Crippen molar-refractivity contribution < 1.29 is 14.3 Å². The number of para-hydroxylation sites is 1. The van der Waals surface area contributed by atoms with Gasteiger partial charge in [0.15, 0.2) is 0 Å². The monoisotopic (exact) mass is 341 g/mol. The first kappa shape index (κ1) is 16.3. The lowest BCUT2D eigenvalue weighted by molar-refractivity contribution is 0.0721. The fourth-order valence-electron chi connectivity index (χ4n) is 2.47. The molecule has 24 heavy (non-hydrogen) atoms. The molecular formula is C19H19NO3S. The van der Waals surface area contributed by atoms with Crippen molar-refractivity contribution in [2.75, 3.05) is 0 Å². The van der Waals surface area contributed by atoms with Crippen molar-refractivity contribution in [3.05, 3.63) is 75.4 Å². The first-order chi connectivity index (χ1) is 11.5. The minimum atomic E-state index is -0.0594. The number of aromatic hydroxyl groups is 1. The Morgan fingerprint density at radius 2 is 1.96 bits per heavy atom. The van der Waals surface area contributed by atoms with E-state index < -0.39 is 0 Å². The highest BCUT2D eigenvalue weighted by Gasteiger charge is 2.21. The predicted molar refractivity (Wildman–Crippen MR) is 94.2 cm³/mol. The quantitative estimate of drug-likeness (QED) is 0.743. The standard InChI is InChI=1S/C19H19NO3S/c1-13-10-18(24-14(13)2)19(22)20(12-16-7-5-9-23-16)11-15-6-3-4-8-17(15)21/h3-10,21H,11-12H2,1-2H3. The molecule has 2 aromatic heterocycles. The molecule has 3 aromatic rings. The first-order valence-electron chi connectivity index (χ1n) is 7.70. The van der Waals surface area contributed by atoms with E-state index in [9.17, 15) is 9.90 Å². The molecule has 0 saturated carbocycles. The normalized spacial score (nSPS) is 10.8. The lowest BCUT2D eigenvalue weighted by atomic mass is 10.1. The van der Waals surface area contributed by atoms with Crippen LogP contribution in [0.2, 0.25) is 0 Å². The number of rotatable bonds is 5. The molecule has 3 rings (SSSR count). The van der Waals surface area contributed by atoms with Crippen LogP contribution in [-0.2, 0) is 13.1 Å². The number of hydrogen-bond acceptors (Lipinski definition) is 4. The molecule has 0 spiro atoms. The lowest BCUT2D eigenvalue weighted by Crippen LogP contribution is -2.29. The van der Waals surface area contributed by atoms with Gasteiger partial charge in [-0.1, -0.05) is 18.2 Å². The zero-order valence-electron chi connectivity index (χ0n) is 13.7. The van der Waals surface area contributed by atoms with Crippen LogP contribution in [0, 0.1) is 13.8 Å². The van der Waals surface area contributed by atoms with Crippen molar-refractivity contribution >= 4 is 17.2 Å². The topological polar surface area (TPSA) is 53.7 Å². The Hall–Kier alpha value is -2.53. The van der Waals surface area contributed by atoms with Crippen LogP contribution in [0.25, 0.3) is 0 Å². The smallest absolute Gasteiger partial charge is 0.264 e. The molecule has 4 nitrogen and oxygen atoms in total. The highest BCUT2D eigenvalue weighted by atomic mass is 32.1. The molecule has 1 amide bonds. The van der Waals surface area contributed by atoms with Crippen LogP contribution in [0.15, 0.2) is 53.1 Å². The molecule has 2 heterocycles. The number of furan rings is 1. The van der Waals surface area contributed by atoms with Crippen LogP contribution in [0.4, 0.5) is 0 Å². The number of thiophene rings is 1. The van der Waals surface area contributed by atoms with Gasteiger partial charge in [-0.25, -0.2) is 0 Å². The summed E-state index contributed by atoms with van der Waals surface area (Å²) in [7, 11) is 0. The van der Waals surface area contributed by atoms with Gasteiger partial charge in [0, 0.05) is 10.4 Å². The van der Waals surface area contributed by atoms with Gasteiger partial charge >= 0.3 is 0 Å². The van der Waals surface area contributed by atoms with Crippen LogP contribution in [0.3, 0.4) is 0 Å². The fraction of sp³-hybridized carbons (Fsp3) is 0.211. The van der Waals surface area contributed by atoms with Gasteiger partial charge in [-0.15, -0.1) is 11.3 Å². The highest BCUT2D eigenvalue weighted by molar-refractivity contribution is 7.14. The average molecular weight is 341 g/mol. The van der Waals surface area contributed by atoms with Gasteiger partial charge in [0.1, 0.15) is 11.5 Å². The number of aryl methyl sites for hydroxylation is 2. The van der Waals surface area contributed by atoms with Crippen LogP contribution < -0.4 is 0 Å². The molecular weight excluding hydrogens is 322 g/mol.